The van der Waals surface area contributed by atoms with Crippen molar-refractivity contribution in [3.8, 4) is 5.75 Å². The van der Waals surface area contributed by atoms with Crippen molar-refractivity contribution < 1.29 is 4.74 Å². The molecule has 0 radical (unpaired) electrons. The molecule has 1 N–H and O–H groups in total. The fourth-order valence-electron chi connectivity index (χ4n) is 2.41. The van der Waals surface area contributed by atoms with Crippen LogP contribution in [0.5, 0.6) is 5.75 Å². The van der Waals surface area contributed by atoms with E-state index in [0.29, 0.717) is 0 Å². The Labute approximate surface area is 126 Å². The predicted octanol–water partition coefficient (Wildman–Crippen LogP) is 2.35. The first-order chi connectivity index (χ1) is 10.0. The Hall–Kier alpha value is -2.01. The zero-order valence-corrected chi connectivity index (χ0v) is 13.4. The standard InChI is InChI=1S/C16H24N4O/c1-12(14-8-6-7-9-15(14)21-5)17-10-13-11-18-16(19(2)3)20(13)4/h6-9,11-12,17H,10H2,1-5H3/t12-/m0/s1. The van der Waals surface area contributed by atoms with Crippen molar-refractivity contribution in [1.82, 2.24) is 14.9 Å². The molecule has 2 rings (SSSR count). The van der Waals surface area contributed by atoms with E-state index in [4.69, 9.17) is 4.74 Å². The lowest BCUT2D eigenvalue weighted by molar-refractivity contribution is 0.401. The van der Waals surface area contributed by atoms with Gasteiger partial charge in [-0.15, -0.1) is 0 Å². The van der Waals surface area contributed by atoms with Gasteiger partial charge in [-0.05, 0) is 13.0 Å². The highest BCUT2D eigenvalue weighted by Gasteiger charge is 2.12. The quantitative estimate of drug-likeness (QED) is 0.886. The van der Waals surface area contributed by atoms with Gasteiger partial charge in [-0.2, -0.15) is 0 Å². The number of methoxy groups -OCH3 is 1. The van der Waals surface area contributed by atoms with Crippen LogP contribution in [0, 0.1) is 0 Å². The summed E-state index contributed by atoms with van der Waals surface area (Å²) < 4.78 is 7.51. The van der Waals surface area contributed by atoms with Gasteiger partial charge in [0.1, 0.15) is 5.75 Å². The molecule has 0 aliphatic carbocycles. The number of benzene rings is 1. The molecular formula is C16H24N4O. The van der Waals surface area contributed by atoms with Crippen molar-refractivity contribution in [2.45, 2.75) is 19.5 Å². The number of hydrogen-bond acceptors (Lipinski definition) is 4. The van der Waals surface area contributed by atoms with E-state index in [1.54, 1.807) is 7.11 Å². The van der Waals surface area contributed by atoms with E-state index >= 15 is 0 Å². The molecule has 0 bridgehead atoms. The summed E-state index contributed by atoms with van der Waals surface area (Å²) in [5.41, 5.74) is 2.32. The Balaban J connectivity index is 2.06. The molecular weight excluding hydrogens is 264 g/mol. The Morgan fingerprint density at radius 3 is 2.67 bits per heavy atom. The number of nitrogens with one attached hydrogen (secondary N) is 1. The van der Waals surface area contributed by atoms with E-state index in [2.05, 4.69) is 27.9 Å². The van der Waals surface area contributed by atoms with Crippen LogP contribution in [-0.4, -0.2) is 30.8 Å². The monoisotopic (exact) mass is 288 g/mol. The third kappa shape index (κ3) is 3.36. The van der Waals surface area contributed by atoms with Gasteiger partial charge >= 0.3 is 0 Å². The number of aromatic nitrogens is 2. The first kappa shape index (κ1) is 15.4. The average molecular weight is 288 g/mol. The lowest BCUT2D eigenvalue weighted by atomic mass is 10.1. The summed E-state index contributed by atoms with van der Waals surface area (Å²) in [6.45, 7) is 2.90. The van der Waals surface area contributed by atoms with Crippen LogP contribution in [0.4, 0.5) is 5.95 Å². The Morgan fingerprint density at radius 1 is 1.33 bits per heavy atom. The minimum absolute atomic E-state index is 0.207. The number of para-hydroxylation sites is 1. The summed E-state index contributed by atoms with van der Waals surface area (Å²) in [7, 11) is 7.73. The van der Waals surface area contributed by atoms with Crippen molar-refractivity contribution in [2.75, 3.05) is 26.1 Å². The van der Waals surface area contributed by atoms with Gasteiger partial charge in [-0.3, -0.25) is 0 Å². The van der Waals surface area contributed by atoms with Crippen LogP contribution in [0.2, 0.25) is 0 Å². The maximum atomic E-state index is 5.41. The molecule has 0 aliphatic heterocycles. The Kier molecular flexibility index (Phi) is 4.85. The number of hydrogen-bond donors (Lipinski definition) is 1. The van der Waals surface area contributed by atoms with E-state index in [1.807, 2.05) is 50.4 Å². The highest BCUT2D eigenvalue weighted by atomic mass is 16.5. The molecule has 114 valence electrons. The highest BCUT2D eigenvalue weighted by Crippen LogP contribution is 2.24. The normalized spacial score (nSPS) is 12.2. The van der Waals surface area contributed by atoms with Crippen LogP contribution in [0.15, 0.2) is 30.5 Å². The second-order valence-corrected chi connectivity index (χ2v) is 5.35. The van der Waals surface area contributed by atoms with E-state index in [0.717, 1.165) is 29.5 Å². The van der Waals surface area contributed by atoms with E-state index < -0.39 is 0 Å². The maximum absolute atomic E-state index is 5.41. The minimum Gasteiger partial charge on any atom is -0.496 e. The van der Waals surface area contributed by atoms with Crippen LogP contribution in [-0.2, 0) is 13.6 Å². The van der Waals surface area contributed by atoms with E-state index in [-0.39, 0.29) is 6.04 Å². The fourth-order valence-corrected chi connectivity index (χ4v) is 2.41. The molecule has 0 saturated heterocycles. The molecule has 0 fully saturated rings. The predicted molar refractivity (Wildman–Crippen MR) is 85.8 cm³/mol. The molecule has 1 aromatic heterocycles. The van der Waals surface area contributed by atoms with Crippen LogP contribution >= 0.6 is 0 Å². The third-order valence-corrected chi connectivity index (χ3v) is 3.65. The lowest BCUT2D eigenvalue weighted by Crippen LogP contribution is -2.21. The molecule has 0 unspecified atom stereocenters. The van der Waals surface area contributed by atoms with Gasteiger partial charge in [0.2, 0.25) is 5.95 Å². The molecule has 21 heavy (non-hydrogen) atoms. The molecule has 0 spiro atoms. The summed E-state index contributed by atoms with van der Waals surface area (Å²) in [5, 5.41) is 3.52. The zero-order valence-electron chi connectivity index (χ0n) is 13.4. The minimum atomic E-state index is 0.207. The summed E-state index contributed by atoms with van der Waals surface area (Å²) in [5.74, 6) is 1.87. The number of rotatable bonds is 6. The smallest absolute Gasteiger partial charge is 0.204 e. The number of nitrogens with zero attached hydrogens (tertiary/aromatic N) is 3. The second kappa shape index (κ2) is 6.63. The molecule has 1 heterocycles. The Morgan fingerprint density at radius 2 is 2.05 bits per heavy atom. The molecule has 5 nitrogen and oxygen atoms in total. The van der Waals surface area contributed by atoms with Crippen LogP contribution in [0.1, 0.15) is 24.2 Å². The first-order valence-corrected chi connectivity index (χ1v) is 7.08. The van der Waals surface area contributed by atoms with E-state index in [9.17, 15) is 0 Å². The summed E-state index contributed by atoms with van der Waals surface area (Å²) in [6, 6.07) is 8.30. The van der Waals surface area contributed by atoms with Gasteiger partial charge in [0.05, 0.1) is 19.0 Å². The molecule has 2 aromatic rings. The molecule has 1 atom stereocenters. The zero-order chi connectivity index (χ0) is 15.4. The molecule has 5 heteroatoms. The average Bonchev–Trinajstić information content (AvgIpc) is 2.86. The van der Waals surface area contributed by atoms with Crippen molar-refractivity contribution in [2.24, 2.45) is 7.05 Å². The van der Waals surface area contributed by atoms with Crippen LogP contribution in [0.25, 0.3) is 0 Å². The number of ether oxygens (including phenoxy) is 1. The van der Waals surface area contributed by atoms with Crippen molar-refractivity contribution in [1.29, 1.82) is 0 Å². The largest absolute Gasteiger partial charge is 0.496 e. The summed E-state index contributed by atoms with van der Waals surface area (Å²) >= 11 is 0. The molecule has 0 saturated carbocycles. The van der Waals surface area contributed by atoms with Crippen LogP contribution in [0.3, 0.4) is 0 Å². The first-order valence-electron chi connectivity index (χ1n) is 7.08. The van der Waals surface area contributed by atoms with Gasteiger partial charge in [-0.25, -0.2) is 4.98 Å². The topological polar surface area (TPSA) is 42.3 Å². The SMILES string of the molecule is COc1ccccc1[C@H](C)NCc1cnc(N(C)C)n1C. The molecule has 1 aromatic carbocycles. The number of anilines is 1. The highest BCUT2D eigenvalue weighted by molar-refractivity contribution is 5.35. The fraction of sp³-hybridized carbons (Fsp3) is 0.438. The third-order valence-electron chi connectivity index (χ3n) is 3.65. The number of imidazole rings is 1. The van der Waals surface area contributed by atoms with Crippen LogP contribution < -0.4 is 15.0 Å². The molecule has 0 amide bonds. The summed E-state index contributed by atoms with van der Waals surface area (Å²) in [4.78, 5) is 6.43. The van der Waals surface area contributed by atoms with Gasteiger partial charge in [0.15, 0.2) is 0 Å². The maximum Gasteiger partial charge on any atom is 0.204 e. The second-order valence-electron chi connectivity index (χ2n) is 5.35. The van der Waals surface area contributed by atoms with Gasteiger partial charge in [0.25, 0.3) is 0 Å². The van der Waals surface area contributed by atoms with Crippen molar-refractivity contribution in [3.63, 3.8) is 0 Å². The summed E-state index contributed by atoms with van der Waals surface area (Å²) in [6.07, 6.45) is 1.91. The lowest BCUT2D eigenvalue weighted by Gasteiger charge is -2.18. The Bertz CT molecular complexity index is 592. The van der Waals surface area contributed by atoms with Crippen molar-refractivity contribution >= 4 is 5.95 Å². The van der Waals surface area contributed by atoms with Gasteiger partial charge in [-0.1, -0.05) is 18.2 Å². The van der Waals surface area contributed by atoms with Crippen molar-refractivity contribution in [3.05, 3.63) is 41.7 Å². The van der Waals surface area contributed by atoms with Gasteiger partial charge in [0, 0.05) is 39.3 Å². The molecule has 0 aliphatic rings. The van der Waals surface area contributed by atoms with Gasteiger partial charge < -0.3 is 19.5 Å². The van der Waals surface area contributed by atoms with E-state index in [1.165, 1.54) is 0 Å².